The molecule has 3 saturated heterocycles. The van der Waals surface area contributed by atoms with E-state index in [1.54, 1.807) is 56.4 Å². The summed E-state index contributed by atoms with van der Waals surface area (Å²) in [7, 11) is 0. The number of hydrogen-bond donors (Lipinski definition) is 7. The molecule has 4 aliphatic heterocycles. The summed E-state index contributed by atoms with van der Waals surface area (Å²) in [6, 6.07) is -1.08. The van der Waals surface area contributed by atoms with Crippen molar-refractivity contribution in [3.8, 4) is 0 Å². The van der Waals surface area contributed by atoms with Crippen molar-refractivity contribution in [2.75, 3.05) is 0 Å². The van der Waals surface area contributed by atoms with E-state index < -0.39 is 97.3 Å². The van der Waals surface area contributed by atoms with E-state index in [1.165, 1.54) is 12.2 Å². The van der Waals surface area contributed by atoms with Crippen molar-refractivity contribution in [3.63, 3.8) is 0 Å². The number of fused-ring (bicyclic) bond motifs is 3. The zero-order chi connectivity index (χ0) is 34.3. The summed E-state index contributed by atoms with van der Waals surface area (Å²) < 4.78 is 28.5. The first-order valence-corrected chi connectivity index (χ1v) is 15.9. The number of nitrogens with two attached hydrogens (primary N) is 1. The van der Waals surface area contributed by atoms with Gasteiger partial charge in [0.25, 0.3) is 0 Å². The SMILES string of the molecule is C[C@@H]1C/C=C/C=C/C=C/C=C/[C@H](O[C@@H]2O[C@H](C)[C@H](O)[C@H](N)[C@@H]2O)C[C@H]2O[C@@](O)(C[C@H](O)C[C@@H]3O[C@H]3/C=C/C(=O)O1)C[C@@H](O)[C@H]2C(=O)O. The number of cyclic esters (lactones) is 1. The third kappa shape index (κ3) is 10.6. The lowest BCUT2D eigenvalue weighted by molar-refractivity contribution is -0.308. The van der Waals surface area contributed by atoms with Gasteiger partial charge in [-0.05, 0) is 19.9 Å². The lowest BCUT2D eigenvalue weighted by Crippen LogP contribution is -2.61. The van der Waals surface area contributed by atoms with Gasteiger partial charge >= 0.3 is 11.9 Å². The van der Waals surface area contributed by atoms with Crippen LogP contribution in [0, 0.1) is 5.92 Å². The minimum absolute atomic E-state index is 0.0789. The second-order valence-corrected chi connectivity index (χ2v) is 12.6. The van der Waals surface area contributed by atoms with Crippen molar-refractivity contribution in [2.24, 2.45) is 11.7 Å². The fraction of sp³-hybridized carbons (Fsp3) is 0.636. The van der Waals surface area contributed by atoms with E-state index in [4.69, 9.17) is 29.4 Å². The molecule has 4 rings (SSSR count). The van der Waals surface area contributed by atoms with Crippen molar-refractivity contribution >= 4 is 11.9 Å². The van der Waals surface area contributed by atoms with Crippen molar-refractivity contribution in [1.29, 1.82) is 0 Å². The smallest absolute Gasteiger partial charge is 0.330 e. The first-order chi connectivity index (χ1) is 22.3. The number of carbonyl (C=O) groups excluding carboxylic acids is 1. The van der Waals surface area contributed by atoms with Gasteiger partial charge in [-0.1, -0.05) is 48.6 Å². The largest absolute Gasteiger partial charge is 0.481 e. The van der Waals surface area contributed by atoms with Gasteiger partial charge in [-0.15, -0.1) is 0 Å². The summed E-state index contributed by atoms with van der Waals surface area (Å²) in [6.07, 6.45) is 5.25. The van der Waals surface area contributed by atoms with Gasteiger partial charge in [-0.3, -0.25) is 4.79 Å². The Kier molecular flexibility index (Phi) is 13.1. The number of aliphatic hydroxyl groups excluding tert-OH is 4. The van der Waals surface area contributed by atoms with E-state index in [0.29, 0.717) is 6.42 Å². The second-order valence-electron chi connectivity index (χ2n) is 12.6. The summed E-state index contributed by atoms with van der Waals surface area (Å²) in [4.78, 5) is 24.4. The third-order valence-electron chi connectivity index (χ3n) is 8.58. The average molecular weight is 666 g/mol. The highest BCUT2D eigenvalue weighted by Crippen LogP contribution is 2.39. The number of hydrogen-bond acceptors (Lipinski definition) is 13. The van der Waals surface area contributed by atoms with Crippen LogP contribution in [0.2, 0.25) is 0 Å². The van der Waals surface area contributed by atoms with Gasteiger partial charge in [0.2, 0.25) is 0 Å². The van der Waals surface area contributed by atoms with Crippen LogP contribution in [0.1, 0.15) is 46.0 Å². The molecule has 47 heavy (non-hydrogen) atoms. The fourth-order valence-electron chi connectivity index (χ4n) is 6.00. The van der Waals surface area contributed by atoms with E-state index in [9.17, 15) is 40.2 Å². The van der Waals surface area contributed by atoms with Gasteiger partial charge in [0, 0.05) is 38.2 Å². The van der Waals surface area contributed by atoms with Crippen LogP contribution in [0.15, 0.2) is 60.8 Å². The molecular weight excluding hydrogens is 618 g/mol. The van der Waals surface area contributed by atoms with Crippen LogP contribution in [-0.2, 0) is 33.3 Å². The molecule has 0 aromatic rings. The minimum atomic E-state index is -2.10. The fourth-order valence-corrected chi connectivity index (χ4v) is 6.00. The number of carbonyl (C=O) groups is 2. The zero-order valence-electron chi connectivity index (χ0n) is 26.4. The van der Waals surface area contributed by atoms with Crippen LogP contribution in [0.4, 0.5) is 0 Å². The molecule has 0 aromatic carbocycles. The molecule has 14 heteroatoms. The van der Waals surface area contributed by atoms with Crippen LogP contribution in [0.3, 0.4) is 0 Å². The Labute approximate surface area is 273 Å². The number of allylic oxidation sites excluding steroid dienone is 6. The summed E-state index contributed by atoms with van der Waals surface area (Å²) in [6.45, 7) is 3.34. The topological polar surface area (TPSA) is 231 Å². The highest BCUT2D eigenvalue weighted by atomic mass is 16.7. The van der Waals surface area contributed by atoms with E-state index in [0.717, 1.165) is 0 Å². The quantitative estimate of drug-likeness (QED) is 0.157. The maximum Gasteiger partial charge on any atom is 0.330 e. The number of epoxide rings is 1. The third-order valence-corrected chi connectivity index (χ3v) is 8.58. The lowest BCUT2D eigenvalue weighted by Gasteiger charge is -2.45. The summed E-state index contributed by atoms with van der Waals surface area (Å²) >= 11 is 0. The number of aliphatic carboxylic acids is 1. The van der Waals surface area contributed by atoms with Crippen LogP contribution in [0.25, 0.3) is 0 Å². The van der Waals surface area contributed by atoms with Gasteiger partial charge in [0.1, 0.15) is 24.2 Å². The van der Waals surface area contributed by atoms with E-state index in [2.05, 4.69) is 0 Å². The highest BCUT2D eigenvalue weighted by molar-refractivity contribution is 5.82. The molecular formula is C33H47NO13. The van der Waals surface area contributed by atoms with Crippen LogP contribution >= 0.6 is 0 Å². The Bertz CT molecular complexity index is 1220. The number of esters is 1. The Balaban J connectivity index is 1.58. The number of aliphatic hydroxyl groups is 5. The second kappa shape index (κ2) is 16.6. The number of rotatable bonds is 3. The Morgan fingerprint density at radius 1 is 0.936 bits per heavy atom. The number of carboxylic acids is 1. The van der Waals surface area contributed by atoms with Crippen molar-refractivity contribution in [3.05, 3.63) is 60.8 Å². The van der Waals surface area contributed by atoms with Crippen molar-refractivity contribution < 1.29 is 63.9 Å². The standard InChI is InChI=1S/C33H47NO13/c1-18-10-8-6-4-3-5-7-9-11-21(45-32-30(39)28(34)29(38)19(2)44-32)15-25-27(31(40)41)22(36)17-33(42,47-25)16-20(35)14-24-23(46-24)12-13-26(37)43-18/h3-9,11-13,18-25,27-30,32,35-36,38-39,42H,10,14-17,34H2,1-2H3,(H,40,41)/b4-3+,7-5+,8-6+,11-9+,13-12+/t18-,19-,20-,21+,22-,23+,24+,25-,27-,28+,29+,30+,32+,33+/m1/s1. The maximum absolute atomic E-state index is 12.3. The lowest BCUT2D eigenvalue weighted by atomic mass is 9.83. The molecule has 14 nitrogen and oxygen atoms in total. The van der Waals surface area contributed by atoms with Gasteiger partial charge in [0.15, 0.2) is 12.1 Å². The Morgan fingerprint density at radius 2 is 1.64 bits per heavy atom. The normalized spacial score (nSPS) is 47.2. The van der Waals surface area contributed by atoms with Crippen molar-refractivity contribution in [2.45, 2.75) is 125 Å². The molecule has 3 fully saturated rings. The van der Waals surface area contributed by atoms with E-state index in [-0.39, 0.29) is 25.4 Å². The molecule has 0 unspecified atom stereocenters. The molecule has 14 atom stereocenters. The molecule has 8 N–H and O–H groups in total. The predicted molar refractivity (Wildman–Crippen MR) is 165 cm³/mol. The Morgan fingerprint density at radius 3 is 2.36 bits per heavy atom. The molecule has 262 valence electrons. The number of carboxylic acid groups (broad SMARTS) is 1. The van der Waals surface area contributed by atoms with Crippen LogP contribution in [0.5, 0.6) is 0 Å². The maximum atomic E-state index is 12.3. The molecule has 0 amide bonds. The minimum Gasteiger partial charge on any atom is -0.481 e. The first kappa shape index (κ1) is 37.1. The molecule has 0 radical (unpaired) electrons. The Hall–Kier alpha value is -2.76. The van der Waals surface area contributed by atoms with Gasteiger partial charge in [-0.25, -0.2) is 4.79 Å². The van der Waals surface area contributed by atoms with Crippen molar-refractivity contribution in [1.82, 2.24) is 0 Å². The predicted octanol–water partition coefficient (Wildman–Crippen LogP) is 0.120. The molecule has 4 heterocycles. The first-order valence-electron chi connectivity index (χ1n) is 15.9. The summed E-state index contributed by atoms with van der Waals surface area (Å²) in [5.74, 6) is -5.45. The highest BCUT2D eigenvalue weighted by Gasteiger charge is 2.51. The summed E-state index contributed by atoms with van der Waals surface area (Å²) in [5, 5.41) is 63.9. The number of ether oxygens (including phenoxy) is 5. The van der Waals surface area contributed by atoms with Gasteiger partial charge in [0.05, 0.1) is 48.8 Å². The molecule has 4 aliphatic rings. The molecule has 0 spiro atoms. The van der Waals surface area contributed by atoms with E-state index >= 15 is 0 Å². The molecule has 0 saturated carbocycles. The monoisotopic (exact) mass is 665 g/mol. The summed E-state index contributed by atoms with van der Waals surface area (Å²) in [5.41, 5.74) is 5.98. The zero-order valence-corrected chi connectivity index (χ0v) is 26.4. The molecule has 2 bridgehead atoms. The molecule has 0 aromatic heterocycles. The van der Waals surface area contributed by atoms with Crippen LogP contribution < -0.4 is 5.73 Å². The molecule has 0 aliphatic carbocycles. The van der Waals surface area contributed by atoms with E-state index in [1.807, 2.05) is 6.08 Å². The average Bonchev–Trinajstić information content (AvgIpc) is 3.72. The van der Waals surface area contributed by atoms with Gasteiger partial charge in [-0.2, -0.15) is 0 Å². The van der Waals surface area contributed by atoms with Gasteiger partial charge < -0.3 is 60.1 Å². The van der Waals surface area contributed by atoms with Crippen LogP contribution in [-0.4, -0.2) is 122 Å².